The third-order valence-corrected chi connectivity index (χ3v) is 2.66. The van der Waals surface area contributed by atoms with Gasteiger partial charge in [-0.15, -0.1) is 0 Å². The van der Waals surface area contributed by atoms with Crippen molar-refractivity contribution in [3.8, 4) is 6.07 Å². The molecule has 0 saturated heterocycles. The first kappa shape index (κ1) is 14.6. The Bertz CT molecular complexity index is 273. The van der Waals surface area contributed by atoms with Gasteiger partial charge in [0.2, 0.25) is 0 Å². The van der Waals surface area contributed by atoms with Crippen LogP contribution in [0.15, 0.2) is 0 Å². The first-order valence-electron chi connectivity index (χ1n) is 5.42. The zero-order chi connectivity index (χ0) is 12.6. The van der Waals surface area contributed by atoms with Crippen LogP contribution in [-0.4, -0.2) is 12.4 Å². The van der Waals surface area contributed by atoms with Crippen molar-refractivity contribution >= 4 is 12.4 Å². The number of rotatable bonds is 6. The van der Waals surface area contributed by atoms with Crippen LogP contribution in [0.25, 0.3) is 0 Å². The van der Waals surface area contributed by atoms with Crippen LogP contribution in [0.4, 0.5) is 0 Å². The molecule has 4 heteroatoms. The predicted octanol–water partition coefficient (Wildman–Crippen LogP) is 2.43. The van der Waals surface area contributed by atoms with Gasteiger partial charge in [-0.25, -0.2) is 0 Å². The van der Waals surface area contributed by atoms with E-state index in [9.17, 15) is 9.59 Å². The highest BCUT2D eigenvalue weighted by atomic mass is 16.6. The molecule has 0 aliphatic carbocycles. The smallest absolute Gasteiger partial charge is 0.313 e. The first-order chi connectivity index (χ1) is 7.41. The molecule has 0 bridgehead atoms. The summed E-state index contributed by atoms with van der Waals surface area (Å²) in [6, 6.07) is 2.08. The maximum Gasteiger partial charge on any atom is 0.313 e. The molecule has 0 aromatic rings. The fourth-order valence-electron chi connectivity index (χ4n) is 1.57. The summed E-state index contributed by atoms with van der Waals surface area (Å²) in [6.07, 6.45) is 2.29. The summed E-state index contributed by atoms with van der Waals surface area (Å²) >= 11 is 0. The van der Waals surface area contributed by atoms with Gasteiger partial charge in [0.15, 0.2) is 0 Å². The summed E-state index contributed by atoms with van der Waals surface area (Å²) < 4.78 is 4.29. The molecule has 0 aromatic heterocycles. The summed E-state index contributed by atoms with van der Waals surface area (Å²) in [6.45, 7) is 6.28. The highest BCUT2D eigenvalue weighted by Crippen LogP contribution is 2.33. The number of unbranched alkanes of at least 4 members (excludes halogenated alkanes) is 1. The Balaban J connectivity index is 4.28. The third-order valence-electron chi connectivity index (χ3n) is 2.66. The van der Waals surface area contributed by atoms with Gasteiger partial charge in [-0.3, -0.25) is 9.59 Å². The number of ether oxygens (including phenoxy) is 1. The molecule has 4 nitrogen and oxygen atoms in total. The van der Waals surface area contributed by atoms with E-state index in [1.165, 1.54) is 0 Å². The minimum Gasteiger partial charge on any atom is -0.395 e. The van der Waals surface area contributed by atoms with E-state index in [-0.39, 0.29) is 24.2 Å². The van der Waals surface area contributed by atoms with Gasteiger partial charge in [-0.05, 0) is 24.2 Å². The molecule has 0 N–H and O–H groups in total. The Morgan fingerprint density at radius 3 is 2.56 bits per heavy atom. The zero-order valence-electron chi connectivity index (χ0n) is 10.2. The molecular formula is C12H19NO3. The molecule has 16 heavy (non-hydrogen) atoms. The van der Waals surface area contributed by atoms with Crippen LogP contribution < -0.4 is 0 Å². The number of esters is 1. The van der Waals surface area contributed by atoms with Gasteiger partial charge in [-0.1, -0.05) is 20.8 Å². The molecule has 1 unspecified atom stereocenters. The third kappa shape index (κ3) is 6.18. The molecule has 0 aliphatic rings. The van der Waals surface area contributed by atoms with E-state index in [0.29, 0.717) is 6.42 Å². The summed E-state index contributed by atoms with van der Waals surface area (Å²) in [5, 5.41) is 8.46. The van der Waals surface area contributed by atoms with Gasteiger partial charge < -0.3 is 4.74 Å². The van der Waals surface area contributed by atoms with Gasteiger partial charge in [-0.2, -0.15) is 5.26 Å². The van der Waals surface area contributed by atoms with E-state index >= 15 is 0 Å². The van der Waals surface area contributed by atoms with E-state index in [1.54, 1.807) is 0 Å². The van der Waals surface area contributed by atoms with E-state index in [2.05, 4.69) is 10.8 Å². The van der Waals surface area contributed by atoms with Crippen LogP contribution in [0.3, 0.4) is 0 Å². The van der Waals surface area contributed by atoms with E-state index in [4.69, 9.17) is 5.26 Å². The highest BCUT2D eigenvalue weighted by molar-refractivity contribution is 5.76. The molecule has 1 atom stereocenters. The lowest BCUT2D eigenvalue weighted by atomic mass is 9.76. The molecule has 0 saturated carbocycles. The van der Waals surface area contributed by atoms with Crippen molar-refractivity contribution in [1.29, 1.82) is 5.26 Å². The lowest BCUT2D eigenvalue weighted by Crippen LogP contribution is -2.24. The fraction of sp³-hybridized carbons (Fsp3) is 0.750. The summed E-state index contributed by atoms with van der Waals surface area (Å²) in [4.78, 5) is 21.2. The maximum atomic E-state index is 11.2. The van der Waals surface area contributed by atoms with Gasteiger partial charge in [0.1, 0.15) is 0 Å². The summed E-state index contributed by atoms with van der Waals surface area (Å²) in [7, 11) is 0. The summed E-state index contributed by atoms with van der Waals surface area (Å²) in [5.41, 5.74) is -0.0304. The molecule has 0 rings (SSSR count). The van der Waals surface area contributed by atoms with Crippen molar-refractivity contribution < 1.29 is 14.3 Å². The lowest BCUT2D eigenvalue weighted by Gasteiger charge is -2.29. The Morgan fingerprint density at radius 2 is 2.12 bits per heavy atom. The number of carbonyl (C=O) groups excluding carboxylic acids is 2. The molecule has 0 amide bonds. The number of hydrogen-bond acceptors (Lipinski definition) is 4. The van der Waals surface area contributed by atoms with Crippen molar-refractivity contribution in [2.24, 2.45) is 11.3 Å². The molecule has 0 aromatic carbocycles. The topological polar surface area (TPSA) is 67.2 Å². The average Bonchev–Trinajstić information content (AvgIpc) is 2.15. The van der Waals surface area contributed by atoms with Crippen LogP contribution in [0.2, 0.25) is 0 Å². The highest BCUT2D eigenvalue weighted by Gasteiger charge is 2.27. The van der Waals surface area contributed by atoms with Gasteiger partial charge >= 0.3 is 12.4 Å². The van der Waals surface area contributed by atoms with E-state index in [0.717, 1.165) is 12.8 Å². The van der Waals surface area contributed by atoms with E-state index < -0.39 is 5.97 Å². The van der Waals surface area contributed by atoms with Crippen LogP contribution in [0.1, 0.15) is 46.5 Å². The minimum absolute atomic E-state index is 0.0304. The Labute approximate surface area is 96.6 Å². The first-order valence-corrected chi connectivity index (χ1v) is 5.42. The number of carbonyl (C=O) groups is 2. The second-order valence-corrected chi connectivity index (χ2v) is 4.90. The van der Waals surface area contributed by atoms with Crippen molar-refractivity contribution in [3.63, 3.8) is 0 Å². The normalized spacial score (nSPS) is 12.6. The second kappa shape index (κ2) is 7.00. The summed E-state index contributed by atoms with van der Waals surface area (Å²) in [5.74, 6) is -0.361. The molecular weight excluding hydrogens is 206 g/mol. The molecule has 0 radical (unpaired) electrons. The standard InChI is InChI=1S/C12H19NO3/c1-12(2,3)10(6-4-5-7-13)8-11(15)16-9-14/h9-10H,4-6,8H2,1-3H3. The molecule has 0 heterocycles. The fourth-order valence-corrected chi connectivity index (χ4v) is 1.57. The largest absolute Gasteiger partial charge is 0.395 e. The molecule has 0 aliphatic heterocycles. The quantitative estimate of drug-likeness (QED) is 0.301. The van der Waals surface area contributed by atoms with Crippen molar-refractivity contribution in [2.45, 2.75) is 46.5 Å². The van der Waals surface area contributed by atoms with Crippen molar-refractivity contribution in [2.75, 3.05) is 0 Å². The van der Waals surface area contributed by atoms with Crippen molar-refractivity contribution in [3.05, 3.63) is 0 Å². The van der Waals surface area contributed by atoms with E-state index in [1.807, 2.05) is 20.8 Å². The van der Waals surface area contributed by atoms with Gasteiger partial charge in [0.25, 0.3) is 0 Å². The predicted molar refractivity (Wildman–Crippen MR) is 59.2 cm³/mol. The Morgan fingerprint density at radius 1 is 1.50 bits per heavy atom. The minimum atomic E-state index is -0.494. The van der Waals surface area contributed by atoms with Crippen LogP contribution >= 0.6 is 0 Å². The van der Waals surface area contributed by atoms with Crippen molar-refractivity contribution in [1.82, 2.24) is 0 Å². The van der Waals surface area contributed by atoms with Crippen LogP contribution in [0.5, 0.6) is 0 Å². The van der Waals surface area contributed by atoms with Gasteiger partial charge in [0, 0.05) is 12.8 Å². The zero-order valence-corrected chi connectivity index (χ0v) is 10.2. The lowest BCUT2D eigenvalue weighted by molar-refractivity contribution is -0.152. The number of nitriles is 1. The Kier molecular flexibility index (Phi) is 6.40. The second-order valence-electron chi connectivity index (χ2n) is 4.90. The molecule has 0 fully saturated rings. The number of nitrogens with zero attached hydrogens (tertiary/aromatic N) is 1. The Hall–Kier alpha value is -1.37. The van der Waals surface area contributed by atoms with Crippen LogP contribution in [-0.2, 0) is 14.3 Å². The SMILES string of the molecule is CC(C)(C)C(CCCC#N)CC(=O)OC=O. The number of hydrogen-bond donors (Lipinski definition) is 0. The molecule has 0 spiro atoms. The van der Waals surface area contributed by atoms with Gasteiger partial charge in [0.05, 0.1) is 6.07 Å². The molecule has 90 valence electrons. The average molecular weight is 225 g/mol. The monoisotopic (exact) mass is 225 g/mol. The van der Waals surface area contributed by atoms with Crippen LogP contribution in [0, 0.1) is 22.7 Å². The maximum absolute atomic E-state index is 11.2.